The van der Waals surface area contributed by atoms with Crippen LogP contribution in [0.1, 0.15) is 46.3 Å². The second-order valence-electron chi connectivity index (χ2n) is 10.2. The molecule has 4 aromatic carbocycles. The van der Waals surface area contributed by atoms with Gasteiger partial charge in [0, 0.05) is 41.7 Å². The van der Waals surface area contributed by atoms with Crippen molar-refractivity contribution in [2.45, 2.75) is 25.8 Å². The first kappa shape index (κ1) is 28.6. The number of nitrogens with zero attached hydrogens (tertiary/aromatic N) is 2. The third-order valence-corrected chi connectivity index (χ3v) is 7.47. The molecule has 0 spiro atoms. The molecule has 0 bridgehead atoms. The third kappa shape index (κ3) is 7.05. The fraction of sp³-hybridized carbons (Fsp3) is 0.189. The molecule has 0 aliphatic carbocycles. The molecule has 0 radical (unpaired) electrons. The SMILES string of the molecule is CCOC(=O)Cn1ccc2c(/C=C/CN(CCC(c3ccccc3)c3ccccc3)C(=O)c3ccccc3)cccc21. The minimum Gasteiger partial charge on any atom is -0.465 e. The average Bonchev–Trinajstić information content (AvgIpc) is 3.44. The molecular formula is C37H36N2O3. The first-order valence-electron chi connectivity index (χ1n) is 14.5. The van der Waals surface area contributed by atoms with Crippen molar-refractivity contribution in [3.8, 4) is 0 Å². The number of benzene rings is 4. The van der Waals surface area contributed by atoms with Gasteiger partial charge in [0.2, 0.25) is 0 Å². The van der Waals surface area contributed by atoms with Crippen LogP contribution in [0.15, 0.2) is 128 Å². The normalized spacial score (nSPS) is 11.3. The summed E-state index contributed by atoms with van der Waals surface area (Å²) in [5.41, 5.74) is 5.17. The van der Waals surface area contributed by atoms with Crippen molar-refractivity contribution in [3.05, 3.63) is 150 Å². The molecule has 5 nitrogen and oxygen atoms in total. The standard InChI is InChI=1S/C37H36N2O3/c1-2-42-36(40)28-39-27-24-34-31(20-12-22-35(34)39)21-13-25-38(37(41)32-18-10-5-11-19-32)26-23-33(29-14-6-3-7-15-29)30-16-8-4-9-17-30/h3-22,24,27,33H,2,23,25-26,28H2,1H3/b21-13+. The summed E-state index contributed by atoms with van der Waals surface area (Å²) < 4.78 is 7.04. The Kier molecular flexibility index (Phi) is 9.63. The van der Waals surface area contributed by atoms with E-state index in [2.05, 4.69) is 66.7 Å². The number of amides is 1. The van der Waals surface area contributed by atoms with Gasteiger partial charge in [0.25, 0.3) is 5.91 Å². The van der Waals surface area contributed by atoms with Gasteiger partial charge in [0.1, 0.15) is 6.54 Å². The zero-order chi connectivity index (χ0) is 29.1. The number of hydrogen-bond acceptors (Lipinski definition) is 3. The topological polar surface area (TPSA) is 51.5 Å². The Hall–Kier alpha value is -4.90. The van der Waals surface area contributed by atoms with Crippen LogP contribution in [0, 0.1) is 0 Å². The van der Waals surface area contributed by atoms with Crippen LogP contribution >= 0.6 is 0 Å². The smallest absolute Gasteiger partial charge is 0.325 e. The van der Waals surface area contributed by atoms with E-state index in [0.29, 0.717) is 25.3 Å². The van der Waals surface area contributed by atoms with Crippen molar-refractivity contribution in [1.82, 2.24) is 9.47 Å². The Balaban J connectivity index is 1.37. The number of aromatic nitrogens is 1. The molecule has 42 heavy (non-hydrogen) atoms. The van der Waals surface area contributed by atoms with Crippen molar-refractivity contribution in [1.29, 1.82) is 0 Å². The lowest BCUT2D eigenvalue weighted by Crippen LogP contribution is -2.33. The number of carbonyl (C=O) groups excluding carboxylic acids is 2. The highest BCUT2D eigenvalue weighted by Crippen LogP contribution is 2.28. The Morgan fingerprint density at radius 3 is 2.10 bits per heavy atom. The fourth-order valence-electron chi connectivity index (χ4n) is 5.40. The predicted octanol–water partition coefficient (Wildman–Crippen LogP) is 7.58. The molecule has 0 aliphatic rings. The Morgan fingerprint density at radius 1 is 0.810 bits per heavy atom. The first-order chi connectivity index (χ1) is 20.6. The largest absolute Gasteiger partial charge is 0.465 e. The molecule has 212 valence electrons. The Morgan fingerprint density at radius 2 is 1.45 bits per heavy atom. The van der Waals surface area contributed by atoms with Crippen LogP contribution < -0.4 is 0 Å². The number of rotatable bonds is 12. The van der Waals surface area contributed by atoms with Crippen LogP contribution in [-0.2, 0) is 16.1 Å². The fourth-order valence-corrected chi connectivity index (χ4v) is 5.40. The molecule has 0 N–H and O–H groups in total. The summed E-state index contributed by atoms with van der Waals surface area (Å²) in [6.07, 6.45) is 6.83. The van der Waals surface area contributed by atoms with Gasteiger partial charge in [0.05, 0.1) is 6.61 Å². The van der Waals surface area contributed by atoms with Gasteiger partial charge >= 0.3 is 5.97 Å². The van der Waals surface area contributed by atoms with Gasteiger partial charge in [-0.05, 0) is 54.3 Å². The number of fused-ring (bicyclic) bond motifs is 1. The van der Waals surface area contributed by atoms with Gasteiger partial charge in [-0.25, -0.2) is 0 Å². The van der Waals surface area contributed by atoms with E-state index in [1.54, 1.807) is 0 Å². The van der Waals surface area contributed by atoms with E-state index >= 15 is 0 Å². The van der Waals surface area contributed by atoms with Crippen molar-refractivity contribution in [2.75, 3.05) is 19.7 Å². The third-order valence-electron chi connectivity index (χ3n) is 7.47. The molecule has 1 aromatic heterocycles. The summed E-state index contributed by atoms with van der Waals surface area (Å²) in [4.78, 5) is 27.7. The molecule has 5 aromatic rings. The molecule has 5 rings (SSSR count). The maximum absolute atomic E-state index is 13.7. The maximum Gasteiger partial charge on any atom is 0.325 e. The molecule has 0 saturated carbocycles. The second-order valence-corrected chi connectivity index (χ2v) is 10.2. The van der Waals surface area contributed by atoms with E-state index in [1.165, 1.54) is 11.1 Å². The van der Waals surface area contributed by atoms with Gasteiger partial charge in [-0.15, -0.1) is 0 Å². The van der Waals surface area contributed by atoms with Crippen molar-refractivity contribution in [2.24, 2.45) is 0 Å². The first-order valence-corrected chi connectivity index (χ1v) is 14.5. The van der Waals surface area contributed by atoms with Gasteiger partial charge in [-0.1, -0.05) is 103 Å². The van der Waals surface area contributed by atoms with E-state index in [4.69, 9.17) is 4.74 Å². The highest BCUT2D eigenvalue weighted by atomic mass is 16.5. The van der Waals surface area contributed by atoms with E-state index in [0.717, 1.165) is 22.9 Å². The van der Waals surface area contributed by atoms with Gasteiger partial charge < -0.3 is 14.2 Å². The molecule has 0 unspecified atom stereocenters. The molecule has 5 heteroatoms. The van der Waals surface area contributed by atoms with Crippen LogP contribution in [-0.4, -0.2) is 41.0 Å². The van der Waals surface area contributed by atoms with Gasteiger partial charge in [-0.3, -0.25) is 9.59 Å². The lowest BCUT2D eigenvalue weighted by atomic mass is 9.88. The van der Waals surface area contributed by atoms with E-state index in [1.807, 2.05) is 83.3 Å². The molecular weight excluding hydrogens is 520 g/mol. The summed E-state index contributed by atoms with van der Waals surface area (Å²) in [6.45, 7) is 3.43. The van der Waals surface area contributed by atoms with E-state index in [9.17, 15) is 9.59 Å². The van der Waals surface area contributed by atoms with Crippen LogP contribution in [0.25, 0.3) is 17.0 Å². The Labute approximate surface area is 247 Å². The monoisotopic (exact) mass is 556 g/mol. The minimum atomic E-state index is -0.254. The summed E-state index contributed by atoms with van der Waals surface area (Å²) in [5.74, 6) is -0.0652. The number of carbonyl (C=O) groups is 2. The number of esters is 1. The molecule has 1 amide bonds. The highest BCUT2D eigenvalue weighted by molar-refractivity contribution is 5.94. The average molecular weight is 557 g/mol. The number of ether oxygens (including phenoxy) is 1. The van der Waals surface area contributed by atoms with Crippen molar-refractivity contribution in [3.63, 3.8) is 0 Å². The van der Waals surface area contributed by atoms with Crippen LogP contribution in [0.5, 0.6) is 0 Å². The lowest BCUT2D eigenvalue weighted by Gasteiger charge is -2.25. The second kappa shape index (κ2) is 14.1. The van der Waals surface area contributed by atoms with Gasteiger partial charge in [-0.2, -0.15) is 0 Å². The quantitative estimate of drug-likeness (QED) is 0.149. The summed E-state index contributed by atoms with van der Waals surface area (Å²) in [7, 11) is 0. The van der Waals surface area contributed by atoms with Crippen LogP contribution in [0.3, 0.4) is 0 Å². The predicted molar refractivity (Wildman–Crippen MR) is 169 cm³/mol. The zero-order valence-corrected chi connectivity index (χ0v) is 23.9. The van der Waals surface area contributed by atoms with Gasteiger partial charge in [0.15, 0.2) is 0 Å². The minimum absolute atomic E-state index is 0.0129. The van der Waals surface area contributed by atoms with Crippen LogP contribution in [0.4, 0.5) is 0 Å². The zero-order valence-electron chi connectivity index (χ0n) is 23.9. The molecule has 0 aliphatic heterocycles. The highest BCUT2D eigenvalue weighted by Gasteiger charge is 2.19. The summed E-state index contributed by atoms with van der Waals surface area (Å²) in [5, 5.41) is 1.05. The van der Waals surface area contributed by atoms with E-state index < -0.39 is 0 Å². The van der Waals surface area contributed by atoms with Crippen molar-refractivity contribution >= 4 is 28.9 Å². The molecule has 0 saturated heterocycles. The summed E-state index contributed by atoms with van der Waals surface area (Å²) in [6, 6.07) is 38.5. The van der Waals surface area contributed by atoms with Crippen molar-refractivity contribution < 1.29 is 14.3 Å². The molecule has 1 heterocycles. The summed E-state index contributed by atoms with van der Waals surface area (Å²) >= 11 is 0. The van der Waals surface area contributed by atoms with E-state index in [-0.39, 0.29) is 24.3 Å². The number of hydrogen-bond donors (Lipinski definition) is 0. The molecule has 0 fully saturated rings. The Bertz CT molecular complexity index is 1590. The van der Waals surface area contributed by atoms with Crippen LogP contribution in [0.2, 0.25) is 0 Å². The molecule has 0 atom stereocenters. The lowest BCUT2D eigenvalue weighted by molar-refractivity contribution is -0.143. The maximum atomic E-state index is 13.7.